The van der Waals surface area contributed by atoms with Crippen molar-refractivity contribution < 1.29 is 26.4 Å². The van der Waals surface area contributed by atoms with Gasteiger partial charge in [-0.25, -0.2) is 8.42 Å². The van der Waals surface area contributed by atoms with Crippen LogP contribution in [0, 0.1) is 5.92 Å². The maximum Gasteiger partial charge on any atom is 0.416 e. The molecule has 0 spiro atoms. The number of sulfonamides is 1. The third-order valence-corrected chi connectivity index (χ3v) is 9.17. The zero-order chi connectivity index (χ0) is 25.3. The molecule has 0 aromatic heterocycles. The average molecular weight is 504 g/mol. The Balaban J connectivity index is 1.65. The summed E-state index contributed by atoms with van der Waals surface area (Å²) in [6, 6.07) is 3.49. The van der Waals surface area contributed by atoms with Gasteiger partial charge in [-0.2, -0.15) is 17.5 Å². The van der Waals surface area contributed by atoms with Gasteiger partial charge in [0, 0.05) is 50.2 Å². The molecule has 2 aliphatic rings. The highest BCUT2D eigenvalue weighted by molar-refractivity contribution is 7.89. The number of hydrogen-bond acceptors (Lipinski definition) is 4. The van der Waals surface area contributed by atoms with E-state index >= 15 is 0 Å². The summed E-state index contributed by atoms with van der Waals surface area (Å²) >= 11 is 0. The summed E-state index contributed by atoms with van der Waals surface area (Å²) in [6.07, 6.45) is -2.19. The van der Waals surface area contributed by atoms with Gasteiger partial charge in [0.05, 0.1) is 10.5 Å². The molecule has 6 nitrogen and oxygen atoms in total. The van der Waals surface area contributed by atoms with Gasteiger partial charge < -0.3 is 4.90 Å². The molecular formula is C24H36F3N3O3S. The van der Waals surface area contributed by atoms with E-state index in [1.807, 2.05) is 4.90 Å². The predicted molar refractivity (Wildman–Crippen MR) is 125 cm³/mol. The van der Waals surface area contributed by atoms with Crippen LogP contribution in [0.5, 0.6) is 0 Å². The van der Waals surface area contributed by atoms with E-state index in [0.29, 0.717) is 31.7 Å². The van der Waals surface area contributed by atoms with Crippen molar-refractivity contribution in [1.29, 1.82) is 0 Å². The summed E-state index contributed by atoms with van der Waals surface area (Å²) in [6.45, 7) is 11.0. The maximum atomic E-state index is 13.3. The van der Waals surface area contributed by atoms with Gasteiger partial charge in [0.2, 0.25) is 15.9 Å². The summed E-state index contributed by atoms with van der Waals surface area (Å²) in [5.74, 6) is 0.0492. The lowest BCUT2D eigenvalue weighted by Crippen LogP contribution is -2.53. The molecule has 1 aromatic rings. The predicted octanol–water partition coefficient (Wildman–Crippen LogP) is 4.22. The van der Waals surface area contributed by atoms with Crippen molar-refractivity contribution >= 4 is 15.9 Å². The molecule has 0 atom stereocenters. The second-order valence-electron chi connectivity index (χ2n) is 9.91. The van der Waals surface area contributed by atoms with Crippen LogP contribution in [0.15, 0.2) is 29.2 Å². The van der Waals surface area contributed by atoms with Crippen molar-refractivity contribution in [3.8, 4) is 0 Å². The zero-order valence-electron chi connectivity index (χ0n) is 20.4. The number of halogens is 3. The first-order chi connectivity index (χ1) is 15.8. The van der Waals surface area contributed by atoms with Gasteiger partial charge in [-0.05, 0) is 77.6 Å². The molecule has 1 heterocycles. The van der Waals surface area contributed by atoms with Crippen LogP contribution in [0.1, 0.15) is 58.9 Å². The Morgan fingerprint density at radius 1 is 0.941 bits per heavy atom. The Labute approximate surface area is 201 Å². The molecule has 1 aliphatic heterocycles. The Hall–Kier alpha value is -1.65. The highest BCUT2D eigenvalue weighted by atomic mass is 32.2. The van der Waals surface area contributed by atoms with Crippen molar-refractivity contribution in [1.82, 2.24) is 14.1 Å². The lowest BCUT2D eigenvalue weighted by Gasteiger charge is -2.41. The Kier molecular flexibility index (Phi) is 8.35. The average Bonchev–Trinajstić information content (AvgIpc) is 2.78. The molecular weight excluding hydrogens is 467 g/mol. The molecule has 0 bridgehead atoms. The standard InChI is InChI=1S/C24H36F3N3O3S/c1-17(2)28-13-15-29(16-14-28)23(31)19-5-9-21(10-6-19)30(18(3)4)34(32,33)22-11-7-20(8-12-22)24(25,26)27/h7-8,11-12,17-19,21H,5-6,9-10,13-16H2,1-4H3. The third-order valence-electron chi connectivity index (χ3n) is 7.03. The van der Waals surface area contributed by atoms with E-state index in [4.69, 9.17) is 0 Å². The van der Waals surface area contributed by atoms with Crippen molar-refractivity contribution in [3.05, 3.63) is 29.8 Å². The van der Waals surface area contributed by atoms with E-state index < -0.39 is 21.8 Å². The van der Waals surface area contributed by atoms with Gasteiger partial charge in [-0.3, -0.25) is 9.69 Å². The van der Waals surface area contributed by atoms with Crippen LogP contribution >= 0.6 is 0 Å². The first-order valence-electron chi connectivity index (χ1n) is 12.1. The largest absolute Gasteiger partial charge is 0.416 e. The normalized spacial score (nSPS) is 23.2. The molecule has 0 unspecified atom stereocenters. The summed E-state index contributed by atoms with van der Waals surface area (Å²) in [5, 5.41) is 0. The van der Waals surface area contributed by atoms with Gasteiger partial charge >= 0.3 is 6.18 Å². The Morgan fingerprint density at radius 2 is 1.47 bits per heavy atom. The summed E-state index contributed by atoms with van der Waals surface area (Å²) < 4.78 is 66.8. The van der Waals surface area contributed by atoms with Crippen molar-refractivity contribution in [2.75, 3.05) is 26.2 Å². The smallest absolute Gasteiger partial charge is 0.340 e. The van der Waals surface area contributed by atoms with Crippen LogP contribution in [0.2, 0.25) is 0 Å². The van der Waals surface area contributed by atoms with E-state index in [0.717, 1.165) is 50.4 Å². The summed E-state index contributed by atoms with van der Waals surface area (Å²) in [4.78, 5) is 17.2. The quantitative estimate of drug-likeness (QED) is 0.583. The zero-order valence-corrected chi connectivity index (χ0v) is 21.2. The highest BCUT2D eigenvalue weighted by Gasteiger charge is 2.39. The summed E-state index contributed by atoms with van der Waals surface area (Å²) in [5.41, 5.74) is -0.879. The molecule has 3 rings (SSSR count). The number of alkyl halides is 3. The molecule has 0 radical (unpaired) electrons. The van der Waals surface area contributed by atoms with Gasteiger partial charge in [0.15, 0.2) is 0 Å². The molecule has 1 saturated carbocycles. The fraction of sp³-hybridized carbons (Fsp3) is 0.708. The van der Waals surface area contributed by atoms with Crippen LogP contribution in [0.4, 0.5) is 13.2 Å². The second kappa shape index (κ2) is 10.5. The first-order valence-corrected chi connectivity index (χ1v) is 13.5. The third kappa shape index (κ3) is 5.94. The van der Waals surface area contributed by atoms with Crippen LogP contribution in [-0.4, -0.2) is 72.7 Å². The number of benzene rings is 1. The Morgan fingerprint density at radius 3 is 1.91 bits per heavy atom. The molecule has 0 N–H and O–H groups in total. The lowest BCUT2D eigenvalue weighted by molar-refractivity contribution is -0.139. The fourth-order valence-electron chi connectivity index (χ4n) is 5.13. The SMILES string of the molecule is CC(C)N1CCN(C(=O)C2CCC(N(C(C)C)S(=O)(=O)c3ccc(C(F)(F)F)cc3)CC2)CC1. The minimum atomic E-state index is -4.52. The number of nitrogens with zero attached hydrogens (tertiary/aromatic N) is 3. The minimum absolute atomic E-state index is 0.107. The van der Waals surface area contributed by atoms with Gasteiger partial charge in [0.25, 0.3) is 0 Å². The highest BCUT2D eigenvalue weighted by Crippen LogP contribution is 2.35. The molecule has 1 aromatic carbocycles. The first kappa shape index (κ1) is 26.9. The van der Waals surface area contributed by atoms with Crippen molar-refractivity contribution in [3.63, 3.8) is 0 Å². The monoisotopic (exact) mass is 503 g/mol. The van der Waals surface area contributed by atoms with E-state index in [1.54, 1.807) is 13.8 Å². The maximum absolute atomic E-state index is 13.3. The van der Waals surface area contributed by atoms with Crippen molar-refractivity contribution in [2.24, 2.45) is 5.92 Å². The second-order valence-corrected chi connectivity index (χ2v) is 11.8. The molecule has 34 heavy (non-hydrogen) atoms. The molecule has 1 aliphatic carbocycles. The van der Waals surface area contributed by atoms with Crippen LogP contribution < -0.4 is 0 Å². The van der Waals surface area contributed by atoms with Crippen LogP contribution in [0.3, 0.4) is 0 Å². The number of piperazine rings is 1. The number of rotatable bonds is 6. The van der Waals surface area contributed by atoms with E-state index in [-0.39, 0.29) is 28.8 Å². The van der Waals surface area contributed by atoms with Crippen LogP contribution in [-0.2, 0) is 21.0 Å². The molecule has 1 saturated heterocycles. The van der Waals surface area contributed by atoms with E-state index in [9.17, 15) is 26.4 Å². The number of carbonyl (C=O) groups excluding carboxylic acids is 1. The van der Waals surface area contributed by atoms with E-state index in [2.05, 4.69) is 18.7 Å². The Bertz CT molecular complexity index is 932. The molecule has 192 valence electrons. The number of amides is 1. The lowest BCUT2D eigenvalue weighted by atomic mass is 9.84. The number of carbonyl (C=O) groups is 1. The number of hydrogen-bond donors (Lipinski definition) is 0. The van der Waals surface area contributed by atoms with Gasteiger partial charge in [0.1, 0.15) is 0 Å². The van der Waals surface area contributed by atoms with E-state index in [1.165, 1.54) is 4.31 Å². The van der Waals surface area contributed by atoms with Gasteiger partial charge in [-0.1, -0.05) is 0 Å². The minimum Gasteiger partial charge on any atom is -0.340 e. The molecule has 10 heteroatoms. The van der Waals surface area contributed by atoms with Gasteiger partial charge in [-0.15, -0.1) is 0 Å². The van der Waals surface area contributed by atoms with Crippen LogP contribution in [0.25, 0.3) is 0 Å². The van der Waals surface area contributed by atoms with Crippen molar-refractivity contribution in [2.45, 2.75) is 82.6 Å². The summed E-state index contributed by atoms with van der Waals surface area (Å²) in [7, 11) is -3.97. The molecule has 1 amide bonds. The fourth-order valence-corrected chi connectivity index (χ4v) is 7.01. The topological polar surface area (TPSA) is 60.9 Å². The molecule has 2 fully saturated rings.